The normalized spacial score (nSPS) is 21.0. The predicted molar refractivity (Wildman–Crippen MR) is 49.9 cm³/mol. The maximum absolute atomic E-state index is 5.15. The molecule has 1 aromatic heterocycles. The Labute approximate surface area is 76.0 Å². The van der Waals surface area contributed by atoms with E-state index in [-0.39, 0.29) is 0 Å². The number of nitrogens with zero attached hydrogens (tertiary/aromatic N) is 2. The lowest BCUT2D eigenvalue weighted by Crippen LogP contribution is -2.07. The summed E-state index contributed by atoms with van der Waals surface area (Å²) in [5, 5.41) is 1.07. The summed E-state index contributed by atoms with van der Waals surface area (Å²) in [5.41, 5.74) is 0. The number of aromatic nitrogens is 1. The highest BCUT2D eigenvalue weighted by Crippen LogP contribution is 2.24. The highest BCUT2D eigenvalue weighted by Gasteiger charge is 2.23. The molecule has 2 rings (SSSR count). The molecule has 2 heterocycles. The molecule has 0 saturated carbocycles. The van der Waals surface area contributed by atoms with Gasteiger partial charge in [0, 0.05) is 31.6 Å². The van der Waals surface area contributed by atoms with E-state index in [0.717, 1.165) is 18.2 Å². The van der Waals surface area contributed by atoms with Crippen LogP contribution in [0.1, 0.15) is 4.88 Å². The van der Waals surface area contributed by atoms with Gasteiger partial charge in [-0.25, -0.2) is 4.98 Å². The van der Waals surface area contributed by atoms with Crippen LogP contribution in [0.25, 0.3) is 0 Å². The third-order valence-electron chi connectivity index (χ3n) is 1.76. The van der Waals surface area contributed by atoms with Crippen molar-refractivity contribution in [3.63, 3.8) is 0 Å². The number of anilines is 1. The number of hydrogen-bond donors (Lipinski definition) is 0. The number of ether oxygens (including phenoxy) is 1. The molecule has 3 nitrogen and oxygen atoms in total. The van der Waals surface area contributed by atoms with Gasteiger partial charge in [0.25, 0.3) is 0 Å². The minimum atomic E-state index is 0.473. The van der Waals surface area contributed by atoms with E-state index in [4.69, 9.17) is 4.74 Å². The fourth-order valence-electron chi connectivity index (χ4n) is 1.01. The van der Waals surface area contributed by atoms with Crippen LogP contribution in [0.4, 0.5) is 5.13 Å². The quantitative estimate of drug-likeness (QED) is 0.660. The Morgan fingerprint density at radius 2 is 2.50 bits per heavy atom. The molecule has 0 spiro atoms. The molecule has 0 aliphatic carbocycles. The fourth-order valence-corrected chi connectivity index (χ4v) is 1.91. The van der Waals surface area contributed by atoms with Crippen LogP contribution in [0.5, 0.6) is 0 Å². The van der Waals surface area contributed by atoms with Crippen molar-refractivity contribution in [3.8, 4) is 0 Å². The molecule has 1 aromatic rings. The van der Waals surface area contributed by atoms with Gasteiger partial charge < -0.3 is 9.64 Å². The molecular weight excluding hydrogens is 172 g/mol. The minimum Gasteiger partial charge on any atom is -0.373 e. The first-order valence-corrected chi connectivity index (χ1v) is 4.81. The van der Waals surface area contributed by atoms with E-state index >= 15 is 0 Å². The Hall–Kier alpha value is -0.610. The third-order valence-corrected chi connectivity index (χ3v) is 2.94. The highest BCUT2D eigenvalue weighted by molar-refractivity contribution is 7.15. The Morgan fingerprint density at radius 3 is 3.00 bits per heavy atom. The summed E-state index contributed by atoms with van der Waals surface area (Å²) in [5.74, 6) is 0. The van der Waals surface area contributed by atoms with E-state index in [1.165, 1.54) is 4.88 Å². The van der Waals surface area contributed by atoms with E-state index in [1.807, 2.05) is 25.2 Å². The van der Waals surface area contributed by atoms with Gasteiger partial charge >= 0.3 is 0 Å². The molecule has 12 heavy (non-hydrogen) atoms. The van der Waals surface area contributed by atoms with Crippen LogP contribution >= 0.6 is 11.3 Å². The summed E-state index contributed by atoms with van der Waals surface area (Å²) < 4.78 is 5.15. The first kappa shape index (κ1) is 8.01. The van der Waals surface area contributed by atoms with E-state index in [0.29, 0.717) is 6.10 Å². The molecule has 0 bridgehead atoms. The molecule has 0 radical (unpaired) electrons. The van der Waals surface area contributed by atoms with Crippen molar-refractivity contribution in [1.82, 2.24) is 4.98 Å². The Morgan fingerprint density at radius 1 is 1.75 bits per heavy atom. The number of epoxide rings is 1. The monoisotopic (exact) mass is 184 g/mol. The number of hydrogen-bond acceptors (Lipinski definition) is 4. The van der Waals surface area contributed by atoms with Crippen molar-refractivity contribution in [2.75, 3.05) is 25.6 Å². The van der Waals surface area contributed by atoms with Crippen LogP contribution in [-0.4, -0.2) is 31.8 Å². The molecule has 0 N–H and O–H groups in total. The second kappa shape index (κ2) is 3.03. The van der Waals surface area contributed by atoms with Crippen molar-refractivity contribution in [3.05, 3.63) is 11.1 Å². The van der Waals surface area contributed by atoms with Crippen LogP contribution in [0.3, 0.4) is 0 Å². The SMILES string of the molecule is CN(C)c1ncc(CC2CO2)s1. The second-order valence-corrected chi connectivity index (χ2v) is 4.26. The molecule has 4 heteroatoms. The summed E-state index contributed by atoms with van der Waals surface area (Å²) in [7, 11) is 4.02. The molecule has 0 amide bonds. The van der Waals surface area contributed by atoms with Crippen molar-refractivity contribution in [1.29, 1.82) is 0 Å². The smallest absolute Gasteiger partial charge is 0.184 e. The predicted octanol–water partition coefficient (Wildman–Crippen LogP) is 1.15. The van der Waals surface area contributed by atoms with Crippen molar-refractivity contribution >= 4 is 16.5 Å². The Balaban J connectivity index is 2.02. The largest absolute Gasteiger partial charge is 0.373 e. The topological polar surface area (TPSA) is 28.7 Å². The van der Waals surface area contributed by atoms with Gasteiger partial charge in [-0.1, -0.05) is 0 Å². The number of thiazole rings is 1. The Kier molecular flexibility index (Phi) is 2.02. The van der Waals surface area contributed by atoms with Gasteiger partial charge in [0.15, 0.2) is 5.13 Å². The summed E-state index contributed by atoms with van der Waals surface area (Å²) in [6, 6.07) is 0. The van der Waals surface area contributed by atoms with Gasteiger partial charge in [-0.3, -0.25) is 0 Å². The van der Waals surface area contributed by atoms with Gasteiger partial charge in [0.2, 0.25) is 0 Å². The average Bonchev–Trinajstić information content (AvgIpc) is 2.66. The zero-order chi connectivity index (χ0) is 8.55. The van der Waals surface area contributed by atoms with Gasteiger partial charge in [-0.05, 0) is 0 Å². The minimum absolute atomic E-state index is 0.473. The van der Waals surface area contributed by atoms with Crippen LogP contribution in [0, 0.1) is 0 Å². The molecule has 1 aliphatic heterocycles. The van der Waals surface area contributed by atoms with E-state index in [1.54, 1.807) is 11.3 Å². The average molecular weight is 184 g/mol. The molecule has 1 aliphatic rings. The first-order chi connectivity index (χ1) is 5.75. The molecular formula is C8H12N2OS. The molecule has 1 atom stereocenters. The zero-order valence-corrected chi connectivity index (χ0v) is 8.10. The highest BCUT2D eigenvalue weighted by atomic mass is 32.1. The van der Waals surface area contributed by atoms with Gasteiger partial charge in [0.05, 0.1) is 12.7 Å². The van der Waals surface area contributed by atoms with E-state index < -0.39 is 0 Å². The lowest BCUT2D eigenvalue weighted by atomic mass is 10.3. The zero-order valence-electron chi connectivity index (χ0n) is 7.28. The lowest BCUT2D eigenvalue weighted by molar-refractivity contribution is 0.408. The Bertz CT molecular complexity index is 268. The van der Waals surface area contributed by atoms with Gasteiger partial charge in [-0.15, -0.1) is 11.3 Å². The van der Waals surface area contributed by atoms with Crippen molar-refractivity contribution < 1.29 is 4.74 Å². The lowest BCUT2D eigenvalue weighted by Gasteiger charge is -2.04. The maximum atomic E-state index is 5.15. The molecule has 0 aromatic carbocycles. The van der Waals surface area contributed by atoms with Crippen molar-refractivity contribution in [2.24, 2.45) is 0 Å². The number of rotatable bonds is 3. The van der Waals surface area contributed by atoms with Crippen LogP contribution in [-0.2, 0) is 11.2 Å². The van der Waals surface area contributed by atoms with Gasteiger partial charge in [0.1, 0.15) is 0 Å². The summed E-state index contributed by atoms with van der Waals surface area (Å²) in [6.07, 6.45) is 3.45. The van der Waals surface area contributed by atoms with E-state index in [9.17, 15) is 0 Å². The third kappa shape index (κ3) is 1.76. The summed E-state index contributed by atoms with van der Waals surface area (Å²) in [4.78, 5) is 7.64. The van der Waals surface area contributed by atoms with Gasteiger partial charge in [-0.2, -0.15) is 0 Å². The van der Waals surface area contributed by atoms with E-state index in [2.05, 4.69) is 4.98 Å². The molecule has 1 fully saturated rings. The molecule has 1 saturated heterocycles. The summed E-state index contributed by atoms with van der Waals surface area (Å²) in [6.45, 7) is 0.926. The van der Waals surface area contributed by atoms with Crippen LogP contribution < -0.4 is 4.90 Å². The standard InChI is InChI=1S/C8H12N2OS/c1-10(2)8-9-4-7(12-8)3-6-5-11-6/h4,6H,3,5H2,1-2H3. The van der Waals surface area contributed by atoms with Crippen LogP contribution in [0.15, 0.2) is 6.20 Å². The summed E-state index contributed by atoms with van der Waals surface area (Å²) >= 11 is 1.74. The van der Waals surface area contributed by atoms with Crippen LogP contribution in [0.2, 0.25) is 0 Å². The second-order valence-electron chi connectivity index (χ2n) is 3.16. The van der Waals surface area contributed by atoms with Crippen molar-refractivity contribution in [2.45, 2.75) is 12.5 Å². The molecule has 1 unspecified atom stereocenters. The fraction of sp³-hybridized carbons (Fsp3) is 0.625. The molecule has 66 valence electrons. The maximum Gasteiger partial charge on any atom is 0.184 e. The first-order valence-electron chi connectivity index (χ1n) is 3.99.